The van der Waals surface area contributed by atoms with Crippen molar-refractivity contribution in [2.75, 3.05) is 19.6 Å². The average molecular weight is 402 g/mol. The third-order valence-corrected chi connectivity index (χ3v) is 6.24. The molecule has 2 aliphatic heterocycles. The van der Waals surface area contributed by atoms with Crippen molar-refractivity contribution in [1.82, 2.24) is 19.9 Å². The minimum absolute atomic E-state index is 0.120. The normalized spacial score (nSPS) is 17.7. The summed E-state index contributed by atoms with van der Waals surface area (Å²) in [6.07, 6.45) is 2.73. The van der Waals surface area contributed by atoms with Crippen molar-refractivity contribution in [3.8, 4) is 11.4 Å². The molecule has 0 N–H and O–H groups in total. The summed E-state index contributed by atoms with van der Waals surface area (Å²) in [4.78, 5) is 21.9. The van der Waals surface area contributed by atoms with Gasteiger partial charge in [0.2, 0.25) is 17.6 Å². The SMILES string of the molecule is O=C(C1CCN(Cc2nc(-c3ccccc3)no2)CC1)N1CCc2ccccc2C1. The Bertz CT molecular complexity index is 1010. The van der Waals surface area contributed by atoms with E-state index in [2.05, 4.69) is 39.3 Å². The fourth-order valence-electron chi connectivity index (χ4n) is 4.49. The van der Waals surface area contributed by atoms with Gasteiger partial charge in [-0.15, -0.1) is 0 Å². The van der Waals surface area contributed by atoms with E-state index in [1.54, 1.807) is 0 Å². The number of likely N-dealkylation sites (tertiary alicyclic amines) is 1. The van der Waals surface area contributed by atoms with Crippen LogP contribution in [0.5, 0.6) is 0 Å². The van der Waals surface area contributed by atoms with Gasteiger partial charge in [-0.05, 0) is 43.5 Å². The van der Waals surface area contributed by atoms with Crippen LogP contribution in [0.3, 0.4) is 0 Å². The van der Waals surface area contributed by atoms with Gasteiger partial charge in [-0.2, -0.15) is 4.98 Å². The number of fused-ring (bicyclic) bond motifs is 1. The third-order valence-electron chi connectivity index (χ3n) is 6.24. The summed E-state index contributed by atoms with van der Waals surface area (Å²) >= 11 is 0. The summed E-state index contributed by atoms with van der Waals surface area (Å²) in [5, 5.41) is 4.10. The first-order chi connectivity index (χ1) is 14.8. The van der Waals surface area contributed by atoms with E-state index in [1.807, 2.05) is 35.2 Å². The summed E-state index contributed by atoms with van der Waals surface area (Å²) in [5.74, 6) is 1.69. The molecule has 3 heterocycles. The Morgan fingerprint density at radius 3 is 2.50 bits per heavy atom. The lowest BCUT2D eigenvalue weighted by Crippen LogP contribution is -2.44. The van der Waals surface area contributed by atoms with E-state index in [-0.39, 0.29) is 5.92 Å². The molecular weight excluding hydrogens is 376 g/mol. The smallest absolute Gasteiger partial charge is 0.241 e. The molecule has 0 radical (unpaired) electrons. The molecule has 30 heavy (non-hydrogen) atoms. The van der Waals surface area contributed by atoms with Crippen LogP contribution in [0, 0.1) is 5.92 Å². The second-order valence-corrected chi connectivity index (χ2v) is 8.21. The summed E-state index contributed by atoms with van der Waals surface area (Å²) in [7, 11) is 0. The van der Waals surface area contributed by atoms with Crippen molar-refractivity contribution in [3.05, 3.63) is 71.6 Å². The standard InChI is InChI=1S/C24H26N4O2/c29-24(28-15-12-18-6-4-5-9-21(18)16-28)20-10-13-27(14-11-20)17-22-25-23(26-30-22)19-7-2-1-3-8-19/h1-9,20H,10-17H2. The van der Waals surface area contributed by atoms with Crippen LogP contribution in [0.25, 0.3) is 11.4 Å². The summed E-state index contributed by atoms with van der Waals surface area (Å²) in [6, 6.07) is 18.3. The molecule has 0 spiro atoms. The molecule has 3 aromatic rings. The monoisotopic (exact) mass is 402 g/mol. The molecule has 6 heteroatoms. The Balaban J connectivity index is 1.14. The zero-order valence-electron chi connectivity index (χ0n) is 17.0. The van der Waals surface area contributed by atoms with Gasteiger partial charge in [-0.25, -0.2) is 0 Å². The molecule has 6 nitrogen and oxygen atoms in total. The van der Waals surface area contributed by atoms with Gasteiger partial charge in [0, 0.05) is 24.6 Å². The predicted molar refractivity (Wildman–Crippen MR) is 113 cm³/mol. The third kappa shape index (κ3) is 4.00. The quantitative estimate of drug-likeness (QED) is 0.668. The Morgan fingerprint density at radius 1 is 0.967 bits per heavy atom. The van der Waals surface area contributed by atoms with Crippen molar-refractivity contribution in [1.29, 1.82) is 0 Å². The van der Waals surface area contributed by atoms with Gasteiger partial charge in [0.1, 0.15) is 0 Å². The molecule has 0 bridgehead atoms. The highest BCUT2D eigenvalue weighted by Gasteiger charge is 2.30. The number of carbonyl (C=O) groups excluding carboxylic acids is 1. The minimum atomic E-state index is 0.120. The molecule has 1 saturated heterocycles. The number of nitrogens with zero attached hydrogens (tertiary/aromatic N) is 4. The first-order valence-corrected chi connectivity index (χ1v) is 10.7. The van der Waals surface area contributed by atoms with Crippen LogP contribution in [0.15, 0.2) is 59.1 Å². The van der Waals surface area contributed by atoms with E-state index in [4.69, 9.17) is 4.52 Å². The van der Waals surface area contributed by atoms with E-state index in [0.717, 1.165) is 51.0 Å². The van der Waals surface area contributed by atoms with Gasteiger partial charge in [0.15, 0.2) is 0 Å². The maximum atomic E-state index is 13.1. The molecule has 0 saturated carbocycles. The fourth-order valence-corrected chi connectivity index (χ4v) is 4.49. The predicted octanol–water partition coefficient (Wildman–Crippen LogP) is 3.53. The van der Waals surface area contributed by atoms with Crippen LogP contribution >= 0.6 is 0 Å². The maximum Gasteiger partial charge on any atom is 0.241 e. The van der Waals surface area contributed by atoms with E-state index in [1.165, 1.54) is 11.1 Å². The maximum absolute atomic E-state index is 13.1. The minimum Gasteiger partial charge on any atom is -0.338 e. The number of hydrogen-bond acceptors (Lipinski definition) is 5. The number of aromatic nitrogens is 2. The second-order valence-electron chi connectivity index (χ2n) is 8.21. The highest BCUT2D eigenvalue weighted by Crippen LogP contribution is 2.25. The van der Waals surface area contributed by atoms with E-state index < -0.39 is 0 Å². The van der Waals surface area contributed by atoms with Gasteiger partial charge in [-0.3, -0.25) is 9.69 Å². The number of hydrogen-bond donors (Lipinski definition) is 0. The first-order valence-electron chi connectivity index (χ1n) is 10.7. The summed E-state index contributed by atoms with van der Waals surface area (Å²) < 4.78 is 5.45. The molecule has 5 rings (SSSR count). The van der Waals surface area contributed by atoms with Crippen molar-refractivity contribution < 1.29 is 9.32 Å². The molecule has 2 aromatic carbocycles. The lowest BCUT2D eigenvalue weighted by atomic mass is 9.93. The highest BCUT2D eigenvalue weighted by molar-refractivity contribution is 5.79. The van der Waals surface area contributed by atoms with Crippen LogP contribution in [0.4, 0.5) is 0 Å². The number of rotatable bonds is 4. The molecule has 1 aromatic heterocycles. The van der Waals surface area contributed by atoms with Gasteiger partial charge in [0.05, 0.1) is 6.54 Å². The van der Waals surface area contributed by atoms with Crippen LogP contribution in [0.1, 0.15) is 29.9 Å². The first kappa shape index (κ1) is 19.0. The van der Waals surface area contributed by atoms with Crippen LogP contribution in [-0.2, 0) is 24.3 Å². The zero-order valence-corrected chi connectivity index (χ0v) is 17.0. The summed E-state index contributed by atoms with van der Waals surface area (Å²) in [5.41, 5.74) is 3.63. The second kappa shape index (κ2) is 8.40. The molecule has 0 aliphatic carbocycles. The topological polar surface area (TPSA) is 62.5 Å². The number of amides is 1. The molecule has 154 valence electrons. The molecular formula is C24H26N4O2. The van der Waals surface area contributed by atoms with Gasteiger partial charge in [0.25, 0.3) is 0 Å². The molecule has 0 unspecified atom stereocenters. The Kier molecular flexibility index (Phi) is 5.32. The lowest BCUT2D eigenvalue weighted by Gasteiger charge is -2.35. The van der Waals surface area contributed by atoms with Crippen LogP contribution < -0.4 is 0 Å². The average Bonchev–Trinajstić information content (AvgIpc) is 3.28. The van der Waals surface area contributed by atoms with E-state index in [9.17, 15) is 4.79 Å². The molecule has 2 aliphatic rings. The lowest BCUT2D eigenvalue weighted by molar-refractivity contribution is -0.138. The van der Waals surface area contributed by atoms with E-state index in [0.29, 0.717) is 24.2 Å². The number of piperidine rings is 1. The molecule has 1 fully saturated rings. The zero-order chi connectivity index (χ0) is 20.3. The van der Waals surface area contributed by atoms with Crippen molar-refractivity contribution in [3.63, 3.8) is 0 Å². The Hall–Kier alpha value is -2.99. The van der Waals surface area contributed by atoms with Crippen molar-refractivity contribution in [2.24, 2.45) is 5.92 Å². The highest BCUT2D eigenvalue weighted by atomic mass is 16.5. The van der Waals surface area contributed by atoms with Crippen molar-refractivity contribution >= 4 is 5.91 Å². The Labute approximate surface area is 176 Å². The Morgan fingerprint density at radius 2 is 1.70 bits per heavy atom. The van der Waals surface area contributed by atoms with Gasteiger partial charge in [-0.1, -0.05) is 59.8 Å². The van der Waals surface area contributed by atoms with Gasteiger partial charge >= 0.3 is 0 Å². The van der Waals surface area contributed by atoms with Crippen LogP contribution in [-0.4, -0.2) is 45.5 Å². The largest absolute Gasteiger partial charge is 0.338 e. The van der Waals surface area contributed by atoms with Crippen LogP contribution in [0.2, 0.25) is 0 Å². The van der Waals surface area contributed by atoms with E-state index >= 15 is 0 Å². The number of benzene rings is 2. The summed E-state index contributed by atoms with van der Waals surface area (Å²) in [6.45, 7) is 3.98. The number of carbonyl (C=O) groups is 1. The molecule has 1 amide bonds. The fraction of sp³-hybridized carbons (Fsp3) is 0.375. The van der Waals surface area contributed by atoms with Gasteiger partial charge < -0.3 is 9.42 Å². The van der Waals surface area contributed by atoms with Crippen molar-refractivity contribution in [2.45, 2.75) is 32.4 Å². The molecule has 0 atom stereocenters.